The van der Waals surface area contributed by atoms with Crippen LogP contribution < -0.4 is 10.6 Å². The summed E-state index contributed by atoms with van der Waals surface area (Å²) in [5, 5.41) is 6.75. The third-order valence-electron chi connectivity index (χ3n) is 2.89. The first-order chi connectivity index (χ1) is 8.69. The van der Waals surface area contributed by atoms with Gasteiger partial charge in [0.15, 0.2) is 5.13 Å². The maximum absolute atomic E-state index is 11.8. The number of nitrogens with zero attached hydrogens (tertiary/aromatic N) is 1. The molecule has 1 aromatic heterocycles. The average Bonchev–Trinajstić information content (AvgIpc) is 2.70. The zero-order valence-electron chi connectivity index (χ0n) is 11.2. The van der Waals surface area contributed by atoms with Crippen LogP contribution in [-0.2, 0) is 16.0 Å². The van der Waals surface area contributed by atoms with Crippen molar-refractivity contribution < 1.29 is 9.53 Å². The summed E-state index contributed by atoms with van der Waals surface area (Å²) in [5.74, 6) is -0.0277. The molecular weight excluding hydrogens is 286 g/mol. The minimum absolute atomic E-state index is 0. The molecule has 2 heterocycles. The molecule has 108 valence electrons. The van der Waals surface area contributed by atoms with Crippen LogP contribution in [0.4, 0.5) is 5.13 Å². The Labute approximate surface area is 123 Å². The molecule has 1 fully saturated rings. The van der Waals surface area contributed by atoms with Crippen molar-refractivity contribution in [2.45, 2.75) is 32.8 Å². The number of halogens is 1. The number of aryl methyl sites for hydroxylation is 2. The molecule has 1 saturated heterocycles. The molecule has 0 radical (unpaired) electrons. The van der Waals surface area contributed by atoms with Crippen molar-refractivity contribution in [1.29, 1.82) is 0 Å². The molecule has 1 amide bonds. The van der Waals surface area contributed by atoms with Gasteiger partial charge in [-0.25, -0.2) is 4.98 Å². The lowest BCUT2D eigenvalue weighted by Gasteiger charge is -2.22. The average molecular weight is 306 g/mol. The van der Waals surface area contributed by atoms with Gasteiger partial charge in [0.2, 0.25) is 5.91 Å². The van der Waals surface area contributed by atoms with Gasteiger partial charge in [0.1, 0.15) is 0 Å². The lowest BCUT2D eigenvalue weighted by atomic mass is 10.2. The number of rotatable bonds is 4. The molecule has 0 saturated carbocycles. The van der Waals surface area contributed by atoms with E-state index in [0.717, 1.165) is 25.2 Å². The van der Waals surface area contributed by atoms with Crippen molar-refractivity contribution in [2.24, 2.45) is 0 Å². The van der Waals surface area contributed by atoms with Crippen LogP contribution in [0.1, 0.15) is 23.9 Å². The van der Waals surface area contributed by atoms with Crippen LogP contribution in [0, 0.1) is 6.92 Å². The Morgan fingerprint density at radius 3 is 3.00 bits per heavy atom. The van der Waals surface area contributed by atoms with Crippen molar-refractivity contribution in [3.05, 3.63) is 10.6 Å². The van der Waals surface area contributed by atoms with E-state index in [9.17, 15) is 4.79 Å². The summed E-state index contributed by atoms with van der Waals surface area (Å²) in [6.07, 6.45) is 1.26. The molecule has 1 aromatic rings. The zero-order chi connectivity index (χ0) is 13.0. The fourth-order valence-corrected chi connectivity index (χ4v) is 2.86. The maximum atomic E-state index is 11.8. The monoisotopic (exact) mass is 305 g/mol. The standard InChI is InChI=1S/C12H19N3O2S.ClH/c1-3-10-8(2)18-12(14-10)15-11(16)6-9-7-13-4-5-17-9;/h9,13H,3-7H2,1-2H3,(H,14,15,16);1H. The fraction of sp³-hybridized carbons (Fsp3) is 0.667. The third kappa shape index (κ3) is 4.72. The van der Waals surface area contributed by atoms with Crippen LogP contribution in [0.15, 0.2) is 0 Å². The van der Waals surface area contributed by atoms with Crippen LogP contribution in [0.2, 0.25) is 0 Å². The largest absolute Gasteiger partial charge is 0.375 e. The number of morpholine rings is 1. The number of amides is 1. The van der Waals surface area contributed by atoms with Gasteiger partial charge in [-0.05, 0) is 13.3 Å². The van der Waals surface area contributed by atoms with Gasteiger partial charge in [-0.3, -0.25) is 4.79 Å². The lowest BCUT2D eigenvalue weighted by Crippen LogP contribution is -2.40. The summed E-state index contributed by atoms with van der Waals surface area (Å²) in [7, 11) is 0. The van der Waals surface area contributed by atoms with E-state index in [1.807, 2.05) is 6.92 Å². The van der Waals surface area contributed by atoms with E-state index in [0.29, 0.717) is 18.2 Å². The molecule has 7 heteroatoms. The molecule has 0 spiro atoms. The predicted octanol–water partition coefficient (Wildman–Crippen LogP) is 1.75. The van der Waals surface area contributed by atoms with Crippen molar-refractivity contribution >= 4 is 34.8 Å². The number of hydrogen-bond donors (Lipinski definition) is 2. The smallest absolute Gasteiger partial charge is 0.228 e. The van der Waals surface area contributed by atoms with E-state index >= 15 is 0 Å². The number of nitrogens with one attached hydrogen (secondary N) is 2. The molecule has 1 aliphatic heterocycles. The normalized spacial score (nSPS) is 18.7. The first-order valence-corrected chi connectivity index (χ1v) is 7.09. The van der Waals surface area contributed by atoms with Crippen molar-refractivity contribution in [3.63, 3.8) is 0 Å². The van der Waals surface area contributed by atoms with Crippen LogP contribution in [0.25, 0.3) is 0 Å². The molecule has 2 rings (SSSR count). The summed E-state index contributed by atoms with van der Waals surface area (Å²) in [6.45, 7) is 6.37. The van der Waals surface area contributed by atoms with Crippen LogP contribution in [-0.4, -0.2) is 36.7 Å². The molecule has 1 aliphatic rings. The van der Waals surface area contributed by atoms with Gasteiger partial charge >= 0.3 is 0 Å². The highest BCUT2D eigenvalue weighted by molar-refractivity contribution is 7.15. The molecule has 0 bridgehead atoms. The van der Waals surface area contributed by atoms with E-state index in [4.69, 9.17) is 4.74 Å². The Kier molecular flexibility index (Phi) is 6.71. The van der Waals surface area contributed by atoms with Gasteiger partial charge < -0.3 is 15.4 Å². The summed E-state index contributed by atoms with van der Waals surface area (Å²) in [6, 6.07) is 0. The summed E-state index contributed by atoms with van der Waals surface area (Å²) < 4.78 is 5.50. The summed E-state index contributed by atoms with van der Waals surface area (Å²) in [4.78, 5) is 17.4. The van der Waals surface area contributed by atoms with Crippen molar-refractivity contribution in [3.8, 4) is 0 Å². The first kappa shape index (κ1) is 16.4. The van der Waals surface area contributed by atoms with E-state index in [1.165, 1.54) is 16.2 Å². The molecule has 0 aliphatic carbocycles. The van der Waals surface area contributed by atoms with Crippen LogP contribution in [0.3, 0.4) is 0 Å². The number of carbonyl (C=O) groups is 1. The van der Waals surface area contributed by atoms with E-state index in [1.54, 1.807) is 0 Å². The number of ether oxygens (including phenoxy) is 1. The van der Waals surface area contributed by atoms with Gasteiger partial charge in [-0.15, -0.1) is 23.7 Å². The predicted molar refractivity (Wildman–Crippen MR) is 79.3 cm³/mol. The Morgan fingerprint density at radius 1 is 1.63 bits per heavy atom. The quantitative estimate of drug-likeness (QED) is 0.889. The van der Waals surface area contributed by atoms with Gasteiger partial charge in [0.05, 0.1) is 24.8 Å². The summed E-state index contributed by atoms with van der Waals surface area (Å²) in [5.41, 5.74) is 1.06. The van der Waals surface area contributed by atoms with Gasteiger partial charge in [-0.2, -0.15) is 0 Å². The lowest BCUT2D eigenvalue weighted by molar-refractivity contribution is -0.119. The Hall–Kier alpha value is -0.690. The topological polar surface area (TPSA) is 63.2 Å². The van der Waals surface area contributed by atoms with Gasteiger partial charge in [0, 0.05) is 18.0 Å². The Balaban J connectivity index is 0.00000180. The van der Waals surface area contributed by atoms with Crippen LogP contribution in [0.5, 0.6) is 0 Å². The second-order valence-electron chi connectivity index (χ2n) is 4.32. The van der Waals surface area contributed by atoms with Gasteiger partial charge in [0.25, 0.3) is 0 Å². The van der Waals surface area contributed by atoms with Crippen LogP contribution >= 0.6 is 23.7 Å². The second kappa shape index (κ2) is 7.79. The molecule has 5 nitrogen and oxygen atoms in total. The number of aromatic nitrogens is 1. The van der Waals surface area contributed by atoms with Crippen molar-refractivity contribution in [2.75, 3.05) is 25.0 Å². The zero-order valence-corrected chi connectivity index (χ0v) is 12.8. The Morgan fingerprint density at radius 2 is 2.42 bits per heavy atom. The van der Waals surface area contributed by atoms with Crippen molar-refractivity contribution in [1.82, 2.24) is 10.3 Å². The number of carbonyl (C=O) groups excluding carboxylic acids is 1. The molecule has 1 unspecified atom stereocenters. The molecule has 0 aromatic carbocycles. The molecule has 2 N–H and O–H groups in total. The minimum Gasteiger partial charge on any atom is -0.375 e. The highest BCUT2D eigenvalue weighted by atomic mass is 35.5. The Bertz CT molecular complexity index is 419. The third-order valence-corrected chi connectivity index (χ3v) is 3.82. The first-order valence-electron chi connectivity index (χ1n) is 6.27. The molecular formula is C12H20ClN3O2S. The van der Waals surface area contributed by atoms with E-state index in [2.05, 4.69) is 22.5 Å². The van der Waals surface area contributed by atoms with E-state index < -0.39 is 0 Å². The highest BCUT2D eigenvalue weighted by Gasteiger charge is 2.18. The summed E-state index contributed by atoms with van der Waals surface area (Å²) >= 11 is 1.53. The SMILES string of the molecule is CCc1nc(NC(=O)CC2CNCCO2)sc1C.Cl. The number of anilines is 1. The fourth-order valence-electron chi connectivity index (χ4n) is 1.94. The number of hydrogen-bond acceptors (Lipinski definition) is 5. The maximum Gasteiger partial charge on any atom is 0.228 e. The minimum atomic E-state index is -0.0277. The molecule has 1 atom stereocenters. The molecule has 19 heavy (non-hydrogen) atoms. The number of thiazole rings is 1. The second-order valence-corrected chi connectivity index (χ2v) is 5.53. The van der Waals surface area contributed by atoms with Gasteiger partial charge in [-0.1, -0.05) is 6.92 Å². The van der Waals surface area contributed by atoms with E-state index in [-0.39, 0.29) is 24.4 Å². The highest BCUT2D eigenvalue weighted by Crippen LogP contribution is 2.22.